The standard InChI is InChI=1S/C30H47NO.CH4O/c1-12-31(18-24(11)19(2)3)30-15-23(10)29(32-30)17-28-26(21(6)7)14-13-25(20(4)5)16-27(28)22(8)9;1-2/h12-14,16,18,20-23,26,29-30H,1-2,15,17H2,3-11H3;2H,1H3/b24-18-;/t23-,26?,29?,30?;/m0./s1. The molecule has 0 amide bonds. The second-order valence-corrected chi connectivity index (χ2v) is 10.8. The Labute approximate surface area is 210 Å². The van der Waals surface area contributed by atoms with Gasteiger partial charge < -0.3 is 14.7 Å². The topological polar surface area (TPSA) is 32.7 Å². The van der Waals surface area contributed by atoms with Gasteiger partial charge in [-0.1, -0.05) is 91.0 Å². The van der Waals surface area contributed by atoms with E-state index < -0.39 is 0 Å². The Balaban J connectivity index is 0.00000281. The molecule has 34 heavy (non-hydrogen) atoms. The molecule has 1 aliphatic heterocycles. The molecule has 4 atom stereocenters. The van der Waals surface area contributed by atoms with Crippen LogP contribution < -0.4 is 0 Å². The number of allylic oxidation sites excluding steroid dienone is 7. The number of nitrogens with zero attached hydrogens (tertiary/aromatic N) is 1. The molecule has 1 heterocycles. The summed E-state index contributed by atoms with van der Waals surface area (Å²) in [5, 5.41) is 7.00. The lowest BCUT2D eigenvalue weighted by atomic mass is 9.79. The highest BCUT2D eigenvalue weighted by atomic mass is 16.5. The number of aliphatic hydroxyl groups excluding tert-OH is 1. The van der Waals surface area contributed by atoms with Gasteiger partial charge in [0.15, 0.2) is 0 Å². The van der Waals surface area contributed by atoms with Crippen LogP contribution in [0.5, 0.6) is 0 Å². The zero-order valence-corrected chi connectivity index (χ0v) is 23.6. The highest BCUT2D eigenvalue weighted by Gasteiger charge is 2.36. The van der Waals surface area contributed by atoms with E-state index in [9.17, 15) is 0 Å². The van der Waals surface area contributed by atoms with Crippen molar-refractivity contribution in [3.05, 3.63) is 71.7 Å². The highest BCUT2D eigenvalue weighted by molar-refractivity contribution is 5.42. The molecule has 0 aromatic carbocycles. The minimum absolute atomic E-state index is 0.0329. The van der Waals surface area contributed by atoms with Gasteiger partial charge in [-0.15, -0.1) is 0 Å². The summed E-state index contributed by atoms with van der Waals surface area (Å²) in [6, 6.07) is 0. The van der Waals surface area contributed by atoms with Gasteiger partial charge in [0, 0.05) is 19.2 Å². The second-order valence-electron chi connectivity index (χ2n) is 10.8. The summed E-state index contributed by atoms with van der Waals surface area (Å²) in [7, 11) is 1.00. The van der Waals surface area contributed by atoms with Crippen LogP contribution in [0.15, 0.2) is 71.7 Å². The Kier molecular flexibility index (Phi) is 12.3. The van der Waals surface area contributed by atoms with Crippen molar-refractivity contribution in [3.63, 3.8) is 0 Å². The van der Waals surface area contributed by atoms with Crippen LogP contribution in [0, 0.1) is 29.6 Å². The summed E-state index contributed by atoms with van der Waals surface area (Å²) < 4.78 is 6.68. The van der Waals surface area contributed by atoms with E-state index in [2.05, 4.69) is 97.9 Å². The first-order valence-corrected chi connectivity index (χ1v) is 12.9. The molecule has 3 unspecified atom stereocenters. The van der Waals surface area contributed by atoms with Crippen molar-refractivity contribution in [1.82, 2.24) is 4.90 Å². The van der Waals surface area contributed by atoms with Gasteiger partial charge in [0.2, 0.25) is 0 Å². The van der Waals surface area contributed by atoms with Crippen molar-refractivity contribution < 1.29 is 9.84 Å². The predicted octanol–water partition coefficient (Wildman–Crippen LogP) is 8.04. The summed E-state index contributed by atoms with van der Waals surface area (Å²) in [4.78, 5) is 2.13. The molecule has 192 valence electrons. The molecule has 0 spiro atoms. The maximum Gasteiger partial charge on any atom is 0.134 e. The Bertz CT molecular complexity index is 809. The highest BCUT2D eigenvalue weighted by Crippen LogP contribution is 2.40. The lowest BCUT2D eigenvalue weighted by Crippen LogP contribution is -2.27. The van der Waals surface area contributed by atoms with Crippen molar-refractivity contribution in [2.24, 2.45) is 29.6 Å². The van der Waals surface area contributed by atoms with Crippen LogP contribution in [-0.4, -0.2) is 29.4 Å². The summed E-state index contributed by atoms with van der Waals surface area (Å²) in [6.45, 7) is 28.5. The Morgan fingerprint density at radius 3 is 2.24 bits per heavy atom. The Hall–Kier alpha value is -1.84. The Morgan fingerprint density at radius 2 is 1.76 bits per heavy atom. The number of ether oxygens (including phenoxy) is 1. The van der Waals surface area contributed by atoms with Crippen LogP contribution >= 0.6 is 0 Å². The van der Waals surface area contributed by atoms with Crippen LogP contribution in [0.1, 0.15) is 75.2 Å². The van der Waals surface area contributed by atoms with E-state index in [0.29, 0.717) is 29.6 Å². The molecular formula is C31H51NO2. The van der Waals surface area contributed by atoms with Gasteiger partial charge in [-0.05, 0) is 73.3 Å². The van der Waals surface area contributed by atoms with Gasteiger partial charge in [-0.3, -0.25) is 0 Å². The van der Waals surface area contributed by atoms with Crippen molar-refractivity contribution in [2.75, 3.05) is 7.11 Å². The third-order valence-corrected chi connectivity index (χ3v) is 7.12. The fourth-order valence-corrected chi connectivity index (χ4v) is 4.73. The minimum Gasteiger partial charge on any atom is -0.400 e. The van der Waals surface area contributed by atoms with E-state index in [4.69, 9.17) is 9.84 Å². The van der Waals surface area contributed by atoms with Crippen molar-refractivity contribution in [1.29, 1.82) is 0 Å². The molecule has 0 bridgehead atoms. The lowest BCUT2D eigenvalue weighted by molar-refractivity contribution is -0.0198. The molecule has 2 rings (SSSR count). The zero-order chi connectivity index (χ0) is 26.2. The molecular weight excluding hydrogens is 418 g/mol. The fraction of sp³-hybridized carbons (Fsp3) is 0.613. The third kappa shape index (κ3) is 7.85. The molecule has 2 aliphatic rings. The summed E-state index contributed by atoms with van der Waals surface area (Å²) >= 11 is 0. The van der Waals surface area contributed by atoms with Crippen molar-refractivity contribution in [3.8, 4) is 0 Å². The minimum atomic E-state index is 0.0329. The van der Waals surface area contributed by atoms with E-state index >= 15 is 0 Å². The van der Waals surface area contributed by atoms with Crippen molar-refractivity contribution >= 4 is 0 Å². The molecule has 0 aromatic heterocycles. The lowest BCUT2D eigenvalue weighted by Gasteiger charge is -2.29. The number of aliphatic hydroxyl groups is 1. The van der Waals surface area contributed by atoms with Gasteiger partial charge in [-0.2, -0.15) is 0 Å². The van der Waals surface area contributed by atoms with E-state index in [0.717, 1.165) is 31.1 Å². The molecule has 0 saturated carbocycles. The monoisotopic (exact) mass is 469 g/mol. The normalized spacial score (nSPS) is 25.4. The molecule has 1 aliphatic carbocycles. The summed E-state index contributed by atoms with van der Waals surface area (Å²) in [5.74, 6) is 2.54. The fourth-order valence-electron chi connectivity index (χ4n) is 4.73. The first-order chi connectivity index (χ1) is 16.0. The number of hydrogen-bond donors (Lipinski definition) is 1. The number of rotatable bonds is 9. The molecule has 1 N–H and O–H groups in total. The van der Waals surface area contributed by atoms with Crippen molar-refractivity contribution in [2.45, 2.75) is 87.5 Å². The average Bonchev–Trinajstić information content (AvgIpc) is 3.01. The quantitative estimate of drug-likeness (QED) is 0.347. The maximum atomic E-state index is 7.00. The number of hydrogen-bond acceptors (Lipinski definition) is 3. The average molecular weight is 470 g/mol. The smallest absolute Gasteiger partial charge is 0.134 e. The van der Waals surface area contributed by atoms with E-state index in [1.54, 1.807) is 5.57 Å². The van der Waals surface area contributed by atoms with E-state index in [1.165, 1.54) is 11.1 Å². The Morgan fingerprint density at radius 1 is 1.15 bits per heavy atom. The molecule has 3 nitrogen and oxygen atoms in total. The first kappa shape index (κ1) is 30.2. The van der Waals surface area contributed by atoms with Gasteiger partial charge in [0.25, 0.3) is 0 Å². The molecule has 1 fully saturated rings. The van der Waals surface area contributed by atoms with Gasteiger partial charge in [0.1, 0.15) is 6.23 Å². The zero-order valence-electron chi connectivity index (χ0n) is 23.6. The summed E-state index contributed by atoms with van der Waals surface area (Å²) in [6.07, 6.45) is 13.6. The molecule has 3 heteroatoms. The molecule has 0 radical (unpaired) electrons. The third-order valence-electron chi connectivity index (χ3n) is 7.12. The first-order valence-electron chi connectivity index (χ1n) is 12.9. The maximum absolute atomic E-state index is 7.00. The van der Waals surface area contributed by atoms with Crippen LogP contribution in [0.4, 0.5) is 0 Å². The SMILES string of the molecule is C=CN(/C=C(/C)C(=C)C)C1C[C@H](C)C(CC2=C(C(C)C)C=C(C(C)C)C=CC2C(C)C)O1.CO. The second kappa shape index (κ2) is 13.9. The van der Waals surface area contributed by atoms with Gasteiger partial charge in [0.05, 0.1) is 6.10 Å². The van der Waals surface area contributed by atoms with Crippen LogP contribution in [0.2, 0.25) is 0 Å². The van der Waals surface area contributed by atoms with Crippen LogP contribution in [0.3, 0.4) is 0 Å². The molecule has 1 saturated heterocycles. The van der Waals surface area contributed by atoms with Crippen LogP contribution in [-0.2, 0) is 4.74 Å². The molecule has 0 aromatic rings. The summed E-state index contributed by atoms with van der Waals surface area (Å²) in [5.41, 5.74) is 6.75. The predicted molar refractivity (Wildman–Crippen MR) is 148 cm³/mol. The van der Waals surface area contributed by atoms with E-state index in [-0.39, 0.29) is 12.3 Å². The van der Waals surface area contributed by atoms with Gasteiger partial charge >= 0.3 is 0 Å². The largest absolute Gasteiger partial charge is 0.400 e. The van der Waals surface area contributed by atoms with Crippen LogP contribution in [0.25, 0.3) is 0 Å². The van der Waals surface area contributed by atoms with E-state index in [1.807, 2.05) is 13.1 Å². The van der Waals surface area contributed by atoms with Gasteiger partial charge in [-0.25, -0.2) is 0 Å².